The van der Waals surface area contributed by atoms with Crippen molar-refractivity contribution in [2.75, 3.05) is 0 Å². The van der Waals surface area contributed by atoms with E-state index in [1.807, 2.05) is 0 Å². The zero-order chi connectivity index (χ0) is 13.3. The van der Waals surface area contributed by atoms with Crippen LogP contribution >= 0.6 is 0 Å². The molecule has 1 unspecified atom stereocenters. The van der Waals surface area contributed by atoms with Crippen LogP contribution in [0.3, 0.4) is 0 Å². The van der Waals surface area contributed by atoms with E-state index in [0.717, 1.165) is 19.3 Å². The normalized spacial score (nSPS) is 17.2. The van der Waals surface area contributed by atoms with Gasteiger partial charge in [-0.2, -0.15) is 0 Å². The fourth-order valence-corrected chi connectivity index (χ4v) is 2.20. The molecule has 18 heavy (non-hydrogen) atoms. The van der Waals surface area contributed by atoms with Crippen molar-refractivity contribution in [2.45, 2.75) is 44.6 Å². The van der Waals surface area contributed by atoms with E-state index in [1.54, 1.807) is 6.92 Å². The molecule has 0 amide bonds. The van der Waals surface area contributed by atoms with E-state index in [-0.39, 0.29) is 11.6 Å². The zero-order valence-corrected chi connectivity index (χ0v) is 10.0. The van der Waals surface area contributed by atoms with Gasteiger partial charge in [0.15, 0.2) is 11.7 Å². The zero-order valence-electron chi connectivity index (χ0n) is 10.0. The SMILES string of the molecule is CCC(C(=O)O)n1nnc(C(=O)O)c1C1CCC1. The summed E-state index contributed by atoms with van der Waals surface area (Å²) < 4.78 is 1.27. The third kappa shape index (κ3) is 1.96. The van der Waals surface area contributed by atoms with Gasteiger partial charge in [0.25, 0.3) is 0 Å². The Bertz CT molecular complexity index is 479. The second-order valence-electron chi connectivity index (χ2n) is 4.46. The molecule has 0 aromatic carbocycles. The van der Waals surface area contributed by atoms with Crippen molar-refractivity contribution in [3.8, 4) is 0 Å². The summed E-state index contributed by atoms with van der Waals surface area (Å²) in [6, 6.07) is -0.846. The second-order valence-corrected chi connectivity index (χ2v) is 4.46. The first-order valence-corrected chi connectivity index (χ1v) is 5.97. The highest BCUT2D eigenvalue weighted by atomic mass is 16.4. The lowest BCUT2D eigenvalue weighted by Gasteiger charge is -2.27. The van der Waals surface area contributed by atoms with Crippen LogP contribution in [0.2, 0.25) is 0 Å². The maximum Gasteiger partial charge on any atom is 0.358 e. The van der Waals surface area contributed by atoms with Crippen molar-refractivity contribution in [3.63, 3.8) is 0 Å². The molecule has 0 radical (unpaired) electrons. The van der Waals surface area contributed by atoms with E-state index in [0.29, 0.717) is 12.1 Å². The maximum absolute atomic E-state index is 11.2. The molecular formula is C11H15N3O4. The molecule has 98 valence electrons. The molecule has 7 heteroatoms. The van der Waals surface area contributed by atoms with Crippen LogP contribution in [-0.4, -0.2) is 37.1 Å². The van der Waals surface area contributed by atoms with Crippen LogP contribution in [0.25, 0.3) is 0 Å². The summed E-state index contributed by atoms with van der Waals surface area (Å²) in [5, 5.41) is 25.6. The lowest BCUT2D eigenvalue weighted by Crippen LogP contribution is -2.25. The minimum absolute atomic E-state index is 0.0690. The monoisotopic (exact) mass is 253 g/mol. The lowest BCUT2D eigenvalue weighted by molar-refractivity contribution is -0.141. The van der Waals surface area contributed by atoms with E-state index >= 15 is 0 Å². The molecule has 0 saturated heterocycles. The molecule has 1 aliphatic rings. The van der Waals surface area contributed by atoms with Crippen molar-refractivity contribution in [1.82, 2.24) is 15.0 Å². The van der Waals surface area contributed by atoms with Gasteiger partial charge >= 0.3 is 11.9 Å². The number of aromatic nitrogens is 3. The van der Waals surface area contributed by atoms with E-state index in [4.69, 9.17) is 10.2 Å². The summed E-state index contributed by atoms with van der Waals surface area (Å²) in [6.45, 7) is 1.73. The van der Waals surface area contributed by atoms with Crippen molar-refractivity contribution >= 4 is 11.9 Å². The fourth-order valence-electron chi connectivity index (χ4n) is 2.20. The molecule has 0 bridgehead atoms. The first-order chi connectivity index (χ1) is 8.56. The van der Waals surface area contributed by atoms with E-state index in [2.05, 4.69) is 10.3 Å². The number of nitrogens with zero attached hydrogens (tertiary/aromatic N) is 3. The Balaban J connectivity index is 2.46. The third-order valence-corrected chi connectivity index (χ3v) is 3.39. The fraction of sp³-hybridized carbons (Fsp3) is 0.636. The Labute approximate surface area is 103 Å². The number of carboxylic acids is 2. The van der Waals surface area contributed by atoms with Crippen LogP contribution < -0.4 is 0 Å². The standard InChI is InChI=1S/C11H15N3O4/c1-2-7(10(15)16)14-9(6-4-3-5-6)8(11(17)18)12-13-14/h6-7H,2-5H2,1H3,(H,15,16)(H,17,18). The molecule has 1 heterocycles. The van der Waals surface area contributed by atoms with Gasteiger partial charge in [-0.1, -0.05) is 18.6 Å². The maximum atomic E-state index is 11.2. The van der Waals surface area contributed by atoms with Gasteiger partial charge in [-0.15, -0.1) is 5.10 Å². The molecule has 1 fully saturated rings. The molecule has 7 nitrogen and oxygen atoms in total. The second kappa shape index (κ2) is 4.75. The lowest BCUT2D eigenvalue weighted by atomic mass is 9.82. The first kappa shape index (κ1) is 12.5. The summed E-state index contributed by atoms with van der Waals surface area (Å²) in [5.41, 5.74) is 0.349. The number of hydrogen-bond acceptors (Lipinski definition) is 4. The largest absolute Gasteiger partial charge is 0.480 e. The van der Waals surface area contributed by atoms with Crippen LogP contribution in [0.4, 0.5) is 0 Å². The summed E-state index contributed by atoms with van der Waals surface area (Å²) in [5.74, 6) is -2.09. The third-order valence-electron chi connectivity index (χ3n) is 3.39. The van der Waals surface area contributed by atoms with Gasteiger partial charge in [-0.25, -0.2) is 14.3 Å². The van der Waals surface area contributed by atoms with Gasteiger partial charge in [-0.3, -0.25) is 0 Å². The Morgan fingerprint density at radius 3 is 2.50 bits per heavy atom. The van der Waals surface area contributed by atoms with Crippen LogP contribution in [-0.2, 0) is 4.79 Å². The average molecular weight is 253 g/mol. The molecule has 1 aromatic heterocycles. The molecule has 1 aliphatic carbocycles. The van der Waals surface area contributed by atoms with Crippen molar-refractivity contribution in [1.29, 1.82) is 0 Å². The van der Waals surface area contributed by atoms with Crippen molar-refractivity contribution in [3.05, 3.63) is 11.4 Å². The van der Waals surface area contributed by atoms with Crippen LogP contribution in [0.5, 0.6) is 0 Å². The first-order valence-electron chi connectivity index (χ1n) is 5.97. The van der Waals surface area contributed by atoms with E-state index in [1.165, 1.54) is 4.68 Å². The van der Waals surface area contributed by atoms with E-state index < -0.39 is 18.0 Å². The highest BCUT2D eigenvalue weighted by molar-refractivity contribution is 5.87. The predicted octanol–water partition coefficient (Wildman–Crippen LogP) is 1.28. The van der Waals surface area contributed by atoms with Gasteiger partial charge in [0, 0.05) is 5.92 Å². The smallest absolute Gasteiger partial charge is 0.358 e. The van der Waals surface area contributed by atoms with E-state index in [9.17, 15) is 9.59 Å². The topological polar surface area (TPSA) is 105 Å². The quantitative estimate of drug-likeness (QED) is 0.818. The molecule has 1 atom stereocenters. The minimum atomic E-state index is -1.15. The molecular weight excluding hydrogens is 238 g/mol. The summed E-state index contributed by atoms with van der Waals surface area (Å²) >= 11 is 0. The molecule has 0 spiro atoms. The Hall–Kier alpha value is -1.92. The molecule has 2 N–H and O–H groups in total. The number of carboxylic acid groups (broad SMARTS) is 2. The number of rotatable bonds is 5. The summed E-state index contributed by atoms with van der Waals surface area (Å²) in [6.07, 6.45) is 3.10. The van der Waals surface area contributed by atoms with Crippen LogP contribution in [0.15, 0.2) is 0 Å². The highest BCUT2D eigenvalue weighted by Gasteiger charge is 2.34. The minimum Gasteiger partial charge on any atom is -0.480 e. The van der Waals surface area contributed by atoms with Gasteiger partial charge < -0.3 is 10.2 Å². The molecule has 1 aromatic rings. The van der Waals surface area contributed by atoms with Gasteiger partial charge in [0.05, 0.1) is 5.69 Å². The number of hydrogen-bond donors (Lipinski definition) is 2. The van der Waals surface area contributed by atoms with Crippen molar-refractivity contribution in [2.24, 2.45) is 0 Å². The summed E-state index contributed by atoms with van der Waals surface area (Å²) in [4.78, 5) is 22.3. The number of aliphatic carboxylic acids is 1. The van der Waals surface area contributed by atoms with Gasteiger partial charge in [-0.05, 0) is 19.3 Å². The molecule has 1 saturated carbocycles. The average Bonchev–Trinajstić information content (AvgIpc) is 2.61. The van der Waals surface area contributed by atoms with Crippen LogP contribution in [0.1, 0.15) is 60.7 Å². The van der Waals surface area contributed by atoms with Crippen LogP contribution in [0, 0.1) is 0 Å². The van der Waals surface area contributed by atoms with Crippen molar-refractivity contribution < 1.29 is 19.8 Å². The Morgan fingerprint density at radius 1 is 1.44 bits per heavy atom. The molecule has 0 aliphatic heterocycles. The predicted molar refractivity (Wildman–Crippen MR) is 60.5 cm³/mol. The Kier molecular flexibility index (Phi) is 3.31. The molecule has 2 rings (SSSR count). The number of aromatic carboxylic acids is 1. The summed E-state index contributed by atoms with van der Waals surface area (Å²) in [7, 11) is 0. The Morgan fingerprint density at radius 2 is 2.11 bits per heavy atom. The van der Waals surface area contributed by atoms with Gasteiger partial charge in [0.1, 0.15) is 0 Å². The highest BCUT2D eigenvalue weighted by Crippen LogP contribution is 2.38. The van der Waals surface area contributed by atoms with Gasteiger partial charge in [0.2, 0.25) is 0 Å². The number of carbonyl (C=O) groups is 2.